The van der Waals surface area contributed by atoms with Crippen LogP contribution in [0.1, 0.15) is 71.6 Å². The molecule has 1 aliphatic carbocycles. The lowest BCUT2D eigenvalue weighted by molar-refractivity contribution is -0.140. The molecule has 0 radical (unpaired) electrons. The fourth-order valence-corrected chi connectivity index (χ4v) is 3.13. The SMILES string of the molecule is CC(N)CCCC(C)C(=O)NC1(CC(=O)O)CCCCC1. The van der Waals surface area contributed by atoms with E-state index in [1.165, 1.54) is 0 Å². The first-order valence-electron chi connectivity index (χ1n) is 8.14. The second kappa shape index (κ2) is 8.37. The number of carboxylic acids is 1. The Bertz CT molecular complexity index is 349. The molecule has 0 aromatic rings. The molecule has 5 heteroatoms. The summed E-state index contributed by atoms with van der Waals surface area (Å²) in [5.41, 5.74) is 5.18. The van der Waals surface area contributed by atoms with Gasteiger partial charge in [-0.25, -0.2) is 0 Å². The molecule has 122 valence electrons. The fourth-order valence-electron chi connectivity index (χ4n) is 3.13. The van der Waals surface area contributed by atoms with Crippen LogP contribution in [-0.4, -0.2) is 28.6 Å². The third kappa shape index (κ3) is 6.46. The summed E-state index contributed by atoms with van der Waals surface area (Å²) < 4.78 is 0. The highest BCUT2D eigenvalue weighted by atomic mass is 16.4. The Kier molecular flexibility index (Phi) is 7.15. The van der Waals surface area contributed by atoms with E-state index in [0.29, 0.717) is 0 Å². The summed E-state index contributed by atoms with van der Waals surface area (Å²) in [6.07, 6.45) is 7.34. The number of nitrogens with two attached hydrogens (primary N) is 1. The Morgan fingerprint density at radius 3 is 2.33 bits per heavy atom. The molecule has 2 unspecified atom stereocenters. The van der Waals surface area contributed by atoms with Crippen LogP contribution in [0.25, 0.3) is 0 Å². The van der Waals surface area contributed by atoms with Crippen molar-refractivity contribution in [3.8, 4) is 0 Å². The first-order valence-corrected chi connectivity index (χ1v) is 8.14. The van der Waals surface area contributed by atoms with E-state index in [9.17, 15) is 9.59 Å². The Balaban J connectivity index is 2.53. The first kappa shape index (κ1) is 18.0. The Morgan fingerprint density at radius 1 is 1.19 bits per heavy atom. The Morgan fingerprint density at radius 2 is 1.81 bits per heavy atom. The summed E-state index contributed by atoms with van der Waals surface area (Å²) in [6.45, 7) is 3.88. The number of amides is 1. The van der Waals surface area contributed by atoms with Gasteiger partial charge in [-0.3, -0.25) is 9.59 Å². The summed E-state index contributed by atoms with van der Waals surface area (Å²) >= 11 is 0. The van der Waals surface area contributed by atoms with Gasteiger partial charge >= 0.3 is 5.97 Å². The fraction of sp³-hybridized carbons (Fsp3) is 0.875. The van der Waals surface area contributed by atoms with E-state index >= 15 is 0 Å². The zero-order valence-electron chi connectivity index (χ0n) is 13.4. The lowest BCUT2D eigenvalue weighted by Gasteiger charge is -2.37. The molecule has 0 aromatic carbocycles. The van der Waals surface area contributed by atoms with Gasteiger partial charge in [-0.05, 0) is 32.6 Å². The molecular weight excluding hydrogens is 268 g/mol. The maximum absolute atomic E-state index is 12.3. The van der Waals surface area contributed by atoms with E-state index < -0.39 is 11.5 Å². The molecule has 1 amide bonds. The van der Waals surface area contributed by atoms with Crippen LogP contribution in [0, 0.1) is 5.92 Å². The van der Waals surface area contributed by atoms with Crippen LogP contribution in [-0.2, 0) is 9.59 Å². The largest absolute Gasteiger partial charge is 0.481 e. The number of aliphatic carboxylic acids is 1. The third-order valence-corrected chi connectivity index (χ3v) is 4.43. The summed E-state index contributed by atoms with van der Waals surface area (Å²) in [5, 5.41) is 12.2. The second-order valence-electron chi connectivity index (χ2n) is 6.71. The van der Waals surface area contributed by atoms with Crippen molar-refractivity contribution in [2.75, 3.05) is 0 Å². The molecule has 0 spiro atoms. The average Bonchev–Trinajstić information content (AvgIpc) is 2.37. The van der Waals surface area contributed by atoms with Crippen LogP contribution in [0.2, 0.25) is 0 Å². The van der Waals surface area contributed by atoms with Crippen molar-refractivity contribution in [1.29, 1.82) is 0 Å². The number of hydrogen-bond donors (Lipinski definition) is 3. The molecule has 0 heterocycles. The van der Waals surface area contributed by atoms with Crippen molar-refractivity contribution in [2.24, 2.45) is 11.7 Å². The minimum atomic E-state index is -0.832. The van der Waals surface area contributed by atoms with Crippen LogP contribution < -0.4 is 11.1 Å². The van der Waals surface area contributed by atoms with E-state index in [4.69, 9.17) is 10.8 Å². The van der Waals surface area contributed by atoms with Crippen LogP contribution >= 0.6 is 0 Å². The van der Waals surface area contributed by atoms with Gasteiger partial charge in [-0.2, -0.15) is 0 Å². The molecule has 0 bridgehead atoms. The third-order valence-electron chi connectivity index (χ3n) is 4.43. The van der Waals surface area contributed by atoms with E-state index in [-0.39, 0.29) is 24.3 Å². The van der Waals surface area contributed by atoms with E-state index in [1.807, 2.05) is 13.8 Å². The lowest BCUT2D eigenvalue weighted by atomic mass is 9.79. The van der Waals surface area contributed by atoms with E-state index in [0.717, 1.165) is 51.4 Å². The molecular formula is C16H30N2O3. The van der Waals surface area contributed by atoms with Crippen molar-refractivity contribution in [1.82, 2.24) is 5.32 Å². The normalized spacial score (nSPS) is 20.5. The van der Waals surface area contributed by atoms with Crippen molar-refractivity contribution in [2.45, 2.75) is 83.2 Å². The Hall–Kier alpha value is -1.10. The van der Waals surface area contributed by atoms with Crippen molar-refractivity contribution in [3.05, 3.63) is 0 Å². The molecule has 1 fully saturated rings. The highest BCUT2D eigenvalue weighted by molar-refractivity contribution is 5.80. The molecule has 5 nitrogen and oxygen atoms in total. The van der Waals surface area contributed by atoms with Gasteiger partial charge in [0.2, 0.25) is 5.91 Å². The highest BCUT2D eigenvalue weighted by Crippen LogP contribution is 2.31. The molecule has 1 aliphatic rings. The molecule has 1 saturated carbocycles. The topological polar surface area (TPSA) is 92.4 Å². The van der Waals surface area contributed by atoms with Gasteiger partial charge in [-0.15, -0.1) is 0 Å². The minimum Gasteiger partial charge on any atom is -0.481 e. The molecule has 1 rings (SSSR count). The minimum absolute atomic E-state index is 0.0113. The predicted octanol–water partition coefficient (Wildman–Crippen LogP) is 2.43. The first-order chi connectivity index (χ1) is 9.84. The second-order valence-corrected chi connectivity index (χ2v) is 6.71. The van der Waals surface area contributed by atoms with Crippen LogP contribution in [0.5, 0.6) is 0 Å². The number of hydrogen-bond acceptors (Lipinski definition) is 3. The van der Waals surface area contributed by atoms with Gasteiger partial charge in [0.15, 0.2) is 0 Å². The molecule has 21 heavy (non-hydrogen) atoms. The van der Waals surface area contributed by atoms with Gasteiger partial charge in [-0.1, -0.05) is 32.6 Å². The van der Waals surface area contributed by atoms with Crippen molar-refractivity contribution in [3.63, 3.8) is 0 Å². The zero-order chi connectivity index (χ0) is 15.9. The average molecular weight is 298 g/mol. The van der Waals surface area contributed by atoms with Crippen LogP contribution in [0.3, 0.4) is 0 Å². The molecule has 0 aromatic heterocycles. The maximum Gasteiger partial charge on any atom is 0.305 e. The lowest BCUT2D eigenvalue weighted by Crippen LogP contribution is -2.52. The number of rotatable bonds is 8. The zero-order valence-corrected chi connectivity index (χ0v) is 13.4. The number of carbonyl (C=O) groups is 2. The van der Waals surface area contributed by atoms with Gasteiger partial charge in [0.25, 0.3) is 0 Å². The monoisotopic (exact) mass is 298 g/mol. The van der Waals surface area contributed by atoms with Crippen LogP contribution in [0.15, 0.2) is 0 Å². The van der Waals surface area contributed by atoms with E-state index in [1.54, 1.807) is 0 Å². The summed E-state index contributed by atoms with van der Waals surface area (Å²) in [5.74, 6) is -0.930. The summed E-state index contributed by atoms with van der Waals surface area (Å²) in [6, 6.07) is 0.164. The predicted molar refractivity (Wildman–Crippen MR) is 82.9 cm³/mol. The number of nitrogens with one attached hydrogen (secondary N) is 1. The van der Waals surface area contributed by atoms with Gasteiger partial charge in [0.05, 0.1) is 12.0 Å². The van der Waals surface area contributed by atoms with E-state index in [2.05, 4.69) is 5.32 Å². The quantitative estimate of drug-likeness (QED) is 0.641. The standard InChI is InChI=1S/C16H30N2O3/c1-12(7-6-8-13(2)17)15(21)18-16(11-14(19)20)9-4-3-5-10-16/h12-13H,3-11,17H2,1-2H3,(H,18,21)(H,19,20). The van der Waals surface area contributed by atoms with Gasteiger partial charge in [0, 0.05) is 12.0 Å². The molecule has 4 N–H and O–H groups in total. The Labute approximate surface area is 127 Å². The number of carboxylic acid groups (broad SMARTS) is 1. The van der Waals surface area contributed by atoms with Crippen molar-refractivity contribution < 1.29 is 14.7 Å². The summed E-state index contributed by atoms with van der Waals surface area (Å²) in [4.78, 5) is 23.4. The van der Waals surface area contributed by atoms with Gasteiger partial charge in [0.1, 0.15) is 0 Å². The number of carbonyl (C=O) groups excluding carboxylic acids is 1. The summed E-state index contributed by atoms with van der Waals surface area (Å²) in [7, 11) is 0. The van der Waals surface area contributed by atoms with Gasteiger partial charge < -0.3 is 16.2 Å². The van der Waals surface area contributed by atoms with Crippen molar-refractivity contribution >= 4 is 11.9 Å². The molecule has 0 saturated heterocycles. The maximum atomic E-state index is 12.3. The highest BCUT2D eigenvalue weighted by Gasteiger charge is 2.36. The molecule has 2 atom stereocenters. The molecule has 0 aliphatic heterocycles. The van der Waals surface area contributed by atoms with Crippen LogP contribution in [0.4, 0.5) is 0 Å². The smallest absolute Gasteiger partial charge is 0.305 e.